The summed E-state index contributed by atoms with van der Waals surface area (Å²) in [6, 6.07) is 0. The van der Waals surface area contributed by atoms with E-state index in [-0.39, 0.29) is 11.6 Å². The van der Waals surface area contributed by atoms with Crippen LogP contribution in [-0.4, -0.2) is 11.6 Å². The molecule has 2 saturated carbocycles. The predicted octanol–water partition coefficient (Wildman–Crippen LogP) is 3.04. The maximum absolute atomic E-state index is 12.0. The van der Waals surface area contributed by atoms with Gasteiger partial charge in [0.2, 0.25) is 0 Å². The first-order chi connectivity index (χ1) is 7.26. The fourth-order valence-electron chi connectivity index (χ4n) is 3.11. The molecule has 0 amide bonds. The van der Waals surface area contributed by atoms with Crippen molar-refractivity contribution in [1.82, 2.24) is 0 Å². The average molecular weight is 208 g/mol. The van der Waals surface area contributed by atoms with Gasteiger partial charge in [0.25, 0.3) is 0 Å². The Kier molecular flexibility index (Phi) is 3.22. The maximum Gasteiger partial charge on any atom is 0.146 e. The minimum atomic E-state index is -0.529. The number of carbonyl (C=O) groups excluding carboxylic acids is 2. The normalized spacial score (nSPS) is 27.5. The van der Waals surface area contributed by atoms with Crippen LogP contribution in [-0.2, 0) is 9.59 Å². The van der Waals surface area contributed by atoms with Crippen molar-refractivity contribution in [1.29, 1.82) is 0 Å². The van der Waals surface area contributed by atoms with Gasteiger partial charge < -0.3 is 0 Å². The summed E-state index contributed by atoms with van der Waals surface area (Å²) in [4.78, 5) is 24.1. The van der Waals surface area contributed by atoms with Crippen molar-refractivity contribution in [2.45, 2.75) is 64.2 Å². The summed E-state index contributed by atoms with van der Waals surface area (Å²) < 4.78 is 0. The number of hydrogen-bond acceptors (Lipinski definition) is 2. The van der Waals surface area contributed by atoms with Gasteiger partial charge in [0.05, 0.1) is 5.41 Å². The third-order valence-corrected chi connectivity index (χ3v) is 4.08. The van der Waals surface area contributed by atoms with Crippen molar-refractivity contribution in [3.05, 3.63) is 0 Å². The van der Waals surface area contributed by atoms with E-state index < -0.39 is 5.41 Å². The van der Waals surface area contributed by atoms with Crippen molar-refractivity contribution < 1.29 is 9.59 Å². The van der Waals surface area contributed by atoms with Crippen molar-refractivity contribution in [2.75, 3.05) is 0 Å². The molecule has 0 aromatic heterocycles. The van der Waals surface area contributed by atoms with Crippen LogP contribution in [0.4, 0.5) is 0 Å². The Bertz CT molecular complexity index is 242. The van der Waals surface area contributed by atoms with Crippen LogP contribution >= 0.6 is 0 Å². The van der Waals surface area contributed by atoms with Gasteiger partial charge >= 0.3 is 0 Å². The van der Waals surface area contributed by atoms with Gasteiger partial charge in [-0.15, -0.1) is 0 Å². The van der Waals surface area contributed by atoms with Gasteiger partial charge in [-0.3, -0.25) is 9.59 Å². The molecule has 1 spiro atoms. The molecule has 0 saturated heterocycles. The maximum atomic E-state index is 12.0. The zero-order valence-corrected chi connectivity index (χ0v) is 9.39. The highest BCUT2D eigenvalue weighted by atomic mass is 16.2. The second-order valence-corrected chi connectivity index (χ2v) is 5.05. The molecule has 0 aromatic carbocycles. The van der Waals surface area contributed by atoms with E-state index in [1.807, 2.05) is 0 Å². The van der Waals surface area contributed by atoms with Gasteiger partial charge in [0, 0.05) is 12.8 Å². The van der Waals surface area contributed by atoms with Gasteiger partial charge in [-0.25, -0.2) is 0 Å². The number of ketones is 2. The third-order valence-electron chi connectivity index (χ3n) is 4.08. The Balaban J connectivity index is 2.18. The van der Waals surface area contributed by atoms with Crippen LogP contribution in [0.25, 0.3) is 0 Å². The lowest BCUT2D eigenvalue weighted by Crippen LogP contribution is -2.42. The monoisotopic (exact) mass is 208 g/mol. The molecule has 0 heterocycles. The van der Waals surface area contributed by atoms with E-state index in [0.29, 0.717) is 12.8 Å². The summed E-state index contributed by atoms with van der Waals surface area (Å²) in [6.45, 7) is 0. The van der Waals surface area contributed by atoms with E-state index in [0.717, 1.165) is 32.1 Å². The number of Topliss-reactive ketones (excluding diaryl/α,β-unsaturated/α-hetero) is 2. The van der Waals surface area contributed by atoms with Crippen molar-refractivity contribution in [3.63, 3.8) is 0 Å². The molecule has 2 fully saturated rings. The molecule has 2 rings (SSSR count). The first kappa shape index (κ1) is 10.8. The molecule has 2 heteroatoms. The van der Waals surface area contributed by atoms with E-state index in [1.54, 1.807) is 0 Å². The zero-order valence-electron chi connectivity index (χ0n) is 9.39. The van der Waals surface area contributed by atoms with E-state index in [1.165, 1.54) is 19.3 Å². The Morgan fingerprint density at radius 2 is 1.13 bits per heavy atom. The lowest BCUT2D eigenvalue weighted by atomic mass is 9.65. The zero-order chi connectivity index (χ0) is 10.7. The smallest absolute Gasteiger partial charge is 0.146 e. The quantitative estimate of drug-likeness (QED) is 0.573. The molecular weight excluding hydrogens is 188 g/mol. The molecule has 15 heavy (non-hydrogen) atoms. The van der Waals surface area contributed by atoms with Gasteiger partial charge in [-0.05, 0) is 19.3 Å². The van der Waals surface area contributed by atoms with Crippen LogP contribution in [0.3, 0.4) is 0 Å². The van der Waals surface area contributed by atoms with Crippen LogP contribution in [0.2, 0.25) is 0 Å². The number of rotatable bonds is 0. The third kappa shape index (κ3) is 1.99. The van der Waals surface area contributed by atoms with E-state index in [2.05, 4.69) is 0 Å². The van der Waals surface area contributed by atoms with E-state index in [4.69, 9.17) is 0 Å². The Morgan fingerprint density at radius 1 is 0.667 bits per heavy atom. The molecule has 2 aliphatic carbocycles. The fraction of sp³-hybridized carbons (Fsp3) is 0.846. The predicted molar refractivity (Wildman–Crippen MR) is 58.6 cm³/mol. The molecule has 0 unspecified atom stereocenters. The minimum absolute atomic E-state index is 0.251. The molecule has 0 aliphatic heterocycles. The highest BCUT2D eigenvalue weighted by molar-refractivity contribution is 6.08. The second kappa shape index (κ2) is 4.46. The van der Waals surface area contributed by atoms with Crippen LogP contribution in [0.15, 0.2) is 0 Å². The standard InChI is InChI=1S/C13H20O2/c14-11-7-6-8-12(15)13(11)9-4-2-1-3-5-10-13/h1-10H2. The van der Waals surface area contributed by atoms with Crippen molar-refractivity contribution in [3.8, 4) is 0 Å². The fourth-order valence-corrected chi connectivity index (χ4v) is 3.11. The molecule has 84 valence electrons. The van der Waals surface area contributed by atoms with Crippen LogP contribution in [0, 0.1) is 5.41 Å². The van der Waals surface area contributed by atoms with Crippen LogP contribution in [0.1, 0.15) is 64.2 Å². The molecular formula is C13H20O2. The lowest BCUT2D eigenvalue weighted by Gasteiger charge is -2.35. The topological polar surface area (TPSA) is 34.1 Å². The molecule has 2 nitrogen and oxygen atoms in total. The SMILES string of the molecule is O=C1CCCC(=O)C12CCCCCCC2. The average Bonchev–Trinajstić information content (AvgIpc) is 2.16. The molecule has 0 aromatic rings. The van der Waals surface area contributed by atoms with Crippen LogP contribution in [0.5, 0.6) is 0 Å². The molecule has 0 radical (unpaired) electrons. The highest BCUT2D eigenvalue weighted by Gasteiger charge is 2.45. The minimum Gasteiger partial charge on any atom is -0.299 e. The van der Waals surface area contributed by atoms with Crippen molar-refractivity contribution >= 4 is 11.6 Å². The number of carbonyl (C=O) groups is 2. The molecule has 0 atom stereocenters. The number of hydrogen-bond donors (Lipinski definition) is 0. The summed E-state index contributed by atoms with van der Waals surface area (Å²) >= 11 is 0. The first-order valence-electron chi connectivity index (χ1n) is 6.32. The first-order valence-corrected chi connectivity index (χ1v) is 6.32. The largest absolute Gasteiger partial charge is 0.299 e. The Labute approximate surface area is 91.4 Å². The summed E-state index contributed by atoms with van der Waals surface area (Å²) in [5.41, 5.74) is -0.529. The summed E-state index contributed by atoms with van der Waals surface area (Å²) in [5.74, 6) is 0.501. The van der Waals surface area contributed by atoms with Gasteiger partial charge in [0.1, 0.15) is 11.6 Å². The van der Waals surface area contributed by atoms with Gasteiger partial charge in [-0.1, -0.05) is 32.1 Å². The summed E-state index contributed by atoms with van der Waals surface area (Å²) in [7, 11) is 0. The lowest BCUT2D eigenvalue weighted by molar-refractivity contribution is -0.145. The second-order valence-electron chi connectivity index (χ2n) is 5.05. The summed E-state index contributed by atoms with van der Waals surface area (Å²) in [6.07, 6.45) is 9.56. The van der Waals surface area contributed by atoms with Gasteiger partial charge in [0.15, 0.2) is 0 Å². The molecule has 2 aliphatic rings. The Hall–Kier alpha value is -0.660. The van der Waals surface area contributed by atoms with E-state index >= 15 is 0 Å². The summed E-state index contributed by atoms with van der Waals surface area (Å²) in [5, 5.41) is 0. The van der Waals surface area contributed by atoms with Crippen molar-refractivity contribution in [2.24, 2.45) is 5.41 Å². The molecule has 0 N–H and O–H groups in total. The van der Waals surface area contributed by atoms with E-state index in [9.17, 15) is 9.59 Å². The Morgan fingerprint density at radius 3 is 1.67 bits per heavy atom. The van der Waals surface area contributed by atoms with Crippen LogP contribution < -0.4 is 0 Å². The highest BCUT2D eigenvalue weighted by Crippen LogP contribution is 2.41. The molecule has 0 bridgehead atoms. The van der Waals surface area contributed by atoms with Gasteiger partial charge in [-0.2, -0.15) is 0 Å².